The van der Waals surface area contributed by atoms with Crippen molar-refractivity contribution in [1.29, 1.82) is 0 Å². The summed E-state index contributed by atoms with van der Waals surface area (Å²) in [7, 11) is 0. The second-order valence-electron chi connectivity index (χ2n) is 12.9. The summed E-state index contributed by atoms with van der Waals surface area (Å²) in [6.45, 7) is -0.227. The van der Waals surface area contributed by atoms with Crippen molar-refractivity contribution in [2.75, 3.05) is 19.6 Å². The van der Waals surface area contributed by atoms with Crippen LogP contribution in [-0.4, -0.2) is 52.3 Å². The van der Waals surface area contributed by atoms with Crippen LogP contribution in [0.3, 0.4) is 0 Å². The van der Waals surface area contributed by atoms with Gasteiger partial charge in [0.1, 0.15) is 29.5 Å². The lowest BCUT2D eigenvalue weighted by Crippen LogP contribution is -2.49. The Bertz CT molecular complexity index is 2210. The number of pyridine rings is 1. The van der Waals surface area contributed by atoms with Crippen LogP contribution in [-0.2, 0) is 34.5 Å². The Morgan fingerprint density at radius 1 is 0.855 bits per heavy atom. The SMILES string of the molecule is O=C(O)C[C@@H]1NC(=O)[C@H](n2cc(CCN3CC(F)C3)c(C(F)(F)F)cc2=O)c2cccc(c2)Oc2cccc(C(F)(F)F)c2-c2cc1c(F)c(C(F)(F)F)c2. The summed E-state index contributed by atoms with van der Waals surface area (Å²) in [6.07, 6.45) is -18.1. The number of halogens is 11. The third-order valence-corrected chi connectivity index (χ3v) is 9.10. The van der Waals surface area contributed by atoms with Gasteiger partial charge in [-0.1, -0.05) is 18.2 Å². The third kappa shape index (κ3) is 8.16. The minimum absolute atomic E-state index is 0.0643. The fourth-order valence-electron chi connectivity index (χ4n) is 6.60. The van der Waals surface area contributed by atoms with Crippen molar-refractivity contribution in [3.63, 3.8) is 0 Å². The molecule has 8 nitrogen and oxygen atoms in total. The summed E-state index contributed by atoms with van der Waals surface area (Å²) in [5, 5.41) is 11.8. The molecule has 3 aromatic carbocycles. The molecule has 4 aromatic rings. The molecule has 0 radical (unpaired) electrons. The molecule has 0 aliphatic carbocycles. The number of fused-ring (bicyclic) bond motifs is 6. The zero-order chi connectivity index (χ0) is 40.2. The number of nitrogens with one attached hydrogen (secondary N) is 1. The van der Waals surface area contributed by atoms with E-state index in [1.165, 1.54) is 23.1 Å². The quantitative estimate of drug-likeness (QED) is 0.193. The molecule has 1 saturated heterocycles. The number of carbonyl (C=O) groups is 2. The monoisotopic (exact) mass is 789 g/mol. The number of alkyl halides is 10. The first kappa shape index (κ1) is 39.2. The van der Waals surface area contributed by atoms with Crippen molar-refractivity contribution in [2.45, 2.75) is 49.6 Å². The van der Waals surface area contributed by atoms with Gasteiger partial charge in [0.25, 0.3) is 5.56 Å². The first-order valence-electron chi connectivity index (χ1n) is 16.2. The molecule has 1 aromatic heterocycles. The minimum Gasteiger partial charge on any atom is -0.481 e. The number of aliphatic carboxylic acids is 1. The van der Waals surface area contributed by atoms with Gasteiger partial charge in [0, 0.05) is 43.0 Å². The van der Waals surface area contributed by atoms with E-state index in [9.17, 15) is 63.4 Å². The third-order valence-electron chi connectivity index (χ3n) is 9.10. The summed E-state index contributed by atoms with van der Waals surface area (Å²) >= 11 is 0. The van der Waals surface area contributed by atoms with Gasteiger partial charge in [0.05, 0.1) is 29.2 Å². The van der Waals surface area contributed by atoms with Crippen molar-refractivity contribution in [3.05, 3.63) is 116 Å². The van der Waals surface area contributed by atoms with Crippen molar-refractivity contribution in [2.24, 2.45) is 0 Å². The molecule has 6 rings (SSSR count). The number of carboxylic acids is 1. The number of likely N-dealkylation sites (tertiary alicyclic amines) is 1. The van der Waals surface area contributed by atoms with E-state index >= 15 is 4.39 Å². The topological polar surface area (TPSA) is 101 Å². The molecule has 2 aliphatic rings. The number of amides is 1. The average Bonchev–Trinajstić information content (AvgIpc) is 3.05. The molecule has 0 unspecified atom stereocenters. The van der Waals surface area contributed by atoms with Gasteiger partial charge in [-0.15, -0.1) is 0 Å². The molecule has 55 heavy (non-hydrogen) atoms. The zero-order valence-electron chi connectivity index (χ0n) is 27.8. The number of benzene rings is 3. The first-order chi connectivity index (χ1) is 25.6. The van der Waals surface area contributed by atoms with E-state index in [4.69, 9.17) is 4.74 Å². The van der Waals surface area contributed by atoms with E-state index < -0.39 is 118 Å². The molecule has 0 saturated carbocycles. The lowest BCUT2D eigenvalue weighted by molar-refractivity contribution is -0.140. The molecular weight excluding hydrogens is 763 g/mol. The van der Waals surface area contributed by atoms with Gasteiger partial charge >= 0.3 is 24.5 Å². The van der Waals surface area contributed by atoms with Crippen LogP contribution in [0.5, 0.6) is 11.5 Å². The Hall–Kier alpha value is -5.46. The molecule has 1 amide bonds. The maximum absolute atomic E-state index is 15.9. The number of carboxylic acid groups (broad SMARTS) is 1. The van der Waals surface area contributed by atoms with E-state index in [1.807, 2.05) is 0 Å². The van der Waals surface area contributed by atoms with E-state index in [1.54, 1.807) is 0 Å². The van der Waals surface area contributed by atoms with E-state index in [0.29, 0.717) is 22.9 Å². The van der Waals surface area contributed by atoms with Gasteiger partial charge in [-0.25, -0.2) is 8.78 Å². The van der Waals surface area contributed by atoms with Crippen LogP contribution < -0.4 is 15.6 Å². The molecule has 292 valence electrons. The Morgan fingerprint density at radius 2 is 1.51 bits per heavy atom. The van der Waals surface area contributed by atoms with Gasteiger partial charge in [-0.3, -0.25) is 23.9 Å². The number of carbonyl (C=O) groups excluding carboxylic acids is 1. The normalized spacial score (nSPS) is 18.2. The predicted molar refractivity (Wildman–Crippen MR) is 170 cm³/mol. The summed E-state index contributed by atoms with van der Waals surface area (Å²) in [4.78, 5) is 41.2. The summed E-state index contributed by atoms with van der Waals surface area (Å²) in [6, 6.07) is 3.37. The van der Waals surface area contributed by atoms with Crippen molar-refractivity contribution in [3.8, 4) is 22.6 Å². The molecule has 1 fully saturated rings. The Kier molecular flexibility index (Phi) is 10.2. The van der Waals surface area contributed by atoms with Gasteiger partial charge in [-0.05, 0) is 59.5 Å². The second kappa shape index (κ2) is 14.3. The number of aromatic nitrogens is 1. The number of ether oxygens (including phenoxy) is 1. The fourth-order valence-corrected chi connectivity index (χ4v) is 6.60. The minimum atomic E-state index is -5.57. The number of hydrogen-bond acceptors (Lipinski definition) is 5. The highest BCUT2D eigenvalue weighted by atomic mass is 19.4. The maximum atomic E-state index is 15.9. The van der Waals surface area contributed by atoms with Crippen LogP contribution >= 0.6 is 0 Å². The van der Waals surface area contributed by atoms with Crippen LogP contribution in [0.4, 0.5) is 48.3 Å². The van der Waals surface area contributed by atoms with E-state index in [2.05, 4.69) is 5.32 Å². The standard InChI is InChI=1S/C36H26F11N3O5/c37-20-15-49(16-20)8-7-18-14-50(28(51)12-24(18)35(42,43)44)32-17-3-1-4-21(9-17)55-27-6-2-5-23(34(39,40)41)30(27)19-10-22(26(13-29(52)53)48-33(32)54)31(38)25(11-19)36(45,46)47/h1-6,9-12,14,20,26,32H,7-8,13,15-16H2,(H,48,54)(H,52,53)/t26-,32+/m0/s1. The fraction of sp³-hybridized carbons (Fsp3) is 0.306. The molecule has 2 atom stereocenters. The van der Waals surface area contributed by atoms with Crippen molar-refractivity contribution >= 4 is 11.9 Å². The molecule has 4 bridgehead atoms. The van der Waals surface area contributed by atoms with Crippen molar-refractivity contribution in [1.82, 2.24) is 14.8 Å². The average molecular weight is 790 g/mol. The highest BCUT2D eigenvalue weighted by Crippen LogP contribution is 2.47. The van der Waals surface area contributed by atoms with Crippen LogP contribution in [0, 0.1) is 5.82 Å². The van der Waals surface area contributed by atoms with Crippen LogP contribution in [0.2, 0.25) is 0 Å². The number of hydrogen-bond donors (Lipinski definition) is 2. The highest BCUT2D eigenvalue weighted by molar-refractivity contribution is 5.85. The number of rotatable bonds is 6. The Balaban J connectivity index is 1.62. The van der Waals surface area contributed by atoms with Crippen LogP contribution in [0.1, 0.15) is 51.9 Å². The van der Waals surface area contributed by atoms with Gasteiger partial charge in [0.15, 0.2) is 0 Å². The predicted octanol–water partition coefficient (Wildman–Crippen LogP) is 7.93. The van der Waals surface area contributed by atoms with Crippen LogP contribution in [0.15, 0.2) is 71.7 Å². The van der Waals surface area contributed by atoms with Crippen molar-refractivity contribution < 1.29 is 67.7 Å². The molecular formula is C36H26F11N3O5. The summed E-state index contributed by atoms with van der Waals surface area (Å²) < 4.78 is 164. The smallest absolute Gasteiger partial charge is 0.419 e. The van der Waals surface area contributed by atoms with E-state index in [-0.39, 0.29) is 43.1 Å². The Labute approximate surface area is 302 Å². The maximum Gasteiger partial charge on any atom is 0.419 e. The number of nitrogens with zero attached hydrogens (tertiary/aromatic N) is 2. The van der Waals surface area contributed by atoms with Gasteiger partial charge < -0.3 is 15.2 Å². The lowest BCUT2D eigenvalue weighted by atomic mass is 9.91. The highest BCUT2D eigenvalue weighted by Gasteiger charge is 2.42. The van der Waals surface area contributed by atoms with Gasteiger partial charge in [0.2, 0.25) is 5.91 Å². The Morgan fingerprint density at radius 3 is 2.13 bits per heavy atom. The second-order valence-corrected chi connectivity index (χ2v) is 12.9. The molecule has 2 aliphatic heterocycles. The summed E-state index contributed by atoms with van der Waals surface area (Å²) in [5.74, 6) is -6.45. The molecule has 2 N–H and O–H groups in total. The lowest BCUT2D eigenvalue weighted by Gasteiger charge is -2.34. The summed E-state index contributed by atoms with van der Waals surface area (Å²) in [5.41, 5.74) is -10.4. The largest absolute Gasteiger partial charge is 0.481 e. The van der Waals surface area contributed by atoms with Gasteiger partial charge in [-0.2, -0.15) is 39.5 Å². The zero-order valence-corrected chi connectivity index (χ0v) is 27.8. The van der Waals surface area contributed by atoms with Crippen LogP contribution in [0.25, 0.3) is 11.1 Å². The van der Waals surface area contributed by atoms with E-state index in [0.717, 1.165) is 18.2 Å². The molecule has 19 heteroatoms. The molecule has 0 spiro atoms. The first-order valence-corrected chi connectivity index (χ1v) is 16.2. The molecule has 3 heterocycles.